The minimum Gasteiger partial charge on any atom is -0.493 e. The van der Waals surface area contributed by atoms with Gasteiger partial charge < -0.3 is 14.8 Å². The molecular formula is C19H20ClF2NO3S. The average molecular weight is 416 g/mol. The monoisotopic (exact) mass is 415 g/mol. The highest BCUT2D eigenvalue weighted by atomic mass is 35.5. The summed E-state index contributed by atoms with van der Waals surface area (Å²) in [7, 11) is 1.39. The molecule has 2 rings (SSSR count). The Morgan fingerprint density at radius 2 is 1.85 bits per heavy atom. The third kappa shape index (κ3) is 7.64. The molecule has 146 valence electrons. The van der Waals surface area contributed by atoms with Crippen LogP contribution in [0, 0.1) is 0 Å². The van der Waals surface area contributed by atoms with Crippen molar-refractivity contribution in [2.75, 3.05) is 19.4 Å². The molecule has 0 aliphatic heterocycles. The van der Waals surface area contributed by atoms with Gasteiger partial charge in [0.1, 0.15) is 0 Å². The fraction of sp³-hybridized carbons (Fsp3) is 0.316. The Morgan fingerprint density at radius 1 is 1.15 bits per heavy atom. The van der Waals surface area contributed by atoms with E-state index in [1.165, 1.54) is 24.9 Å². The fourth-order valence-electron chi connectivity index (χ4n) is 2.30. The minimum atomic E-state index is -2.91. The van der Waals surface area contributed by atoms with Gasteiger partial charge >= 0.3 is 6.61 Å². The highest BCUT2D eigenvalue weighted by Crippen LogP contribution is 2.29. The number of thioether (sulfide) groups is 1. The first kappa shape index (κ1) is 21.3. The summed E-state index contributed by atoms with van der Waals surface area (Å²) in [5, 5.41) is 3.52. The fourth-order valence-corrected chi connectivity index (χ4v) is 3.24. The lowest BCUT2D eigenvalue weighted by Crippen LogP contribution is -2.27. The second kappa shape index (κ2) is 11.0. The molecule has 0 radical (unpaired) electrons. The molecular weight excluding hydrogens is 396 g/mol. The molecule has 0 saturated carbocycles. The smallest absolute Gasteiger partial charge is 0.387 e. The Balaban J connectivity index is 1.71. The maximum absolute atomic E-state index is 12.3. The first-order valence-corrected chi connectivity index (χ1v) is 9.72. The number of carbonyl (C=O) groups excluding carboxylic acids is 1. The Labute approximate surface area is 166 Å². The van der Waals surface area contributed by atoms with E-state index in [1.807, 2.05) is 24.3 Å². The molecule has 4 nitrogen and oxygen atoms in total. The first-order chi connectivity index (χ1) is 13.0. The highest BCUT2D eigenvalue weighted by Gasteiger charge is 2.11. The van der Waals surface area contributed by atoms with Crippen molar-refractivity contribution >= 4 is 29.3 Å². The number of nitrogens with one attached hydrogen (secondary N) is 1. The Hall–Kier alpha value is -1.99. The van der Waals surface area contributed by atoms with E-state index < -0.39 is 6.61 Å². The summed E-state index contributed by atoms with van der Waals surface area (Å²) in [6.45, 7) is -2.46. The van der Waals surface area contributed by atoms with Crippen molar-refractivity contribution in [1.29, 1.82) is 0 Å². The summed E-state index contributed by atoms with van der Waals surface area (Å²) in [5.41, 5.74) is 1.96. The second-order valence-electron chi connectivity index (χ2n) is 5.58. The molecule has 2 aromatic carbocycles. The van der Waals surface area contributed by atoms with Crippen molar-refractivity contribution < 1.29 is 23.0 Å². The van der Waals surface area contributed by atoms with Crippen LogP contribution in [0.15, 0.2) is 42.5 Å². The van der Waals surface area contributed by atoms with Crippen molar-refractivity contribution in [2.45, 2.75) is 18.8 Å². The zero-order valence-corrected chi connectivity index (χ0v) is 16.3. The van der Waals surface area contributed by atoms with E-state index in [0.717, 1.165) is 16.9 Å². The number of halogens is 3. The van der Waals surface area contributed by atoms with Gasteiger partial charge in [0.05, 0.1) is 12.9 Å². The summed E-state index contributed by atoms with van der Waals surface area (Å²) < 4.78 is 34.1. The van der Waals surface area contributed by atoms with Crippen molar-refractivity contribution in [3.63, 3.8) is 0 Å². The topological polar surface area (TPSA) is 47.6 Å². The molecule has 27 heavy (non-hydrogen) atoms. The lowest BCUT2D eigenvalue weighted by molar-refractivity contribution is -0.118. The molecule has 2 aromatic rings. The molecule has 0 spiro atoms. The molecule has 1 amide bonds. The van der Waals surface area contributed by atoms with Crippen LogP contribution in [0.25, 0.3) is 0 Å². The van der Waals surface area contributed by atoms with Gasteiger partial charge in [0.25, 0.3) is 0 Å². The maximum atomic E-state index is 12.3. The van der Waals surface area contributed by atoms with Crippen LogP contribution in [0.3, 0.4) is 0 Å². The number of rotatable bonds is 10. The number of hydrogen-bond donors (Lipinski definition) is 1. The standard InChI is InChI=1S/C19H20ClF2NO3S/c1-25-17-10-13(4-7-16(17)26-19(21)22)8-9-23-18(24)12-27-11-14-2-5-15(20)6-3-14/h2-7,10,19H,8-9,11-12H2,1H3,(H,23,24). The maximum Gasteiger partial charge on any atom is 0.387 e. The van der Waals surface area contributed by atoms with Crippen molar-refractivity contribution in [2.24, 2.45) is 0 Å². The SMILES string of the molecule is COc1cc(CCNC(=O)CSCc2ccc(Cl)cc2)ccc1OC(F)F. The minimum absolute atomic E-state index is 0.0149. The third-order valence-corrected chi connectivity index (χ3v) is 4.85. The van der Waals surface area contributed by atoms with Gasteiger partial charge in [-0.3, -0.25) is 4.79 Å². The van der Waals surface area contributed by atoms with Crippen molar-refractivity contribution in [3.05, 3.63) is 58.6 Å². The predicted octanol–water partition coefficient (Wildman–Crippen LogP) is 4.54. The Kier molecular flexibility index (Phi) is 8.67. The van der Waals surface area contributed by atoms with Crippen molar-refractivity contribution in [1.82, 2.24) is 5.32 Å². The first-order valence-electron chi connectivity index (χ1n) is 8.18. The van der Waals surface area contributed by atoms with Crippen LogP contribution >= 0.6 is 23.4 Å². The van der Waals surface area contributed by atoms with E-state index >= 15 is 0 Å². The summed E-state index contributed by atoms with van der Waals surface area (Å²) in [6.07, 6.45) is 0.554. The van der Waals surface area contributed by atoms with Gasteiger partial charge in [0.15, 0.2) is 11.5 Å². The van der Waals surface area contributed by atoms with Crippen LogP contribution in [0.2, 0.25) is 5.02 Å². The van der Waals surface area contributed by atoms with Gasteiger partial charge in [-0.2, -0.15) is 8.78 Å². The molecule has 0 atom stereocenters. The van der Waals surface area contributed by atoms with E-state index in [4.69, 9.17) is 16.3 Å². The molecule has 0 aromatic heterocycles. The van der Waals surface area contributed by atoms with Gasteiger partial charge in [-0.05, 0) is 41.8 Å². The van der Waals surface area contributed by atoms with E-state index in [2.05, 4.69) is 10.1 Å². The Bertz CT molecular complexity index is 744. The van der Waals surface area contributed by atoms with E-state index in [-0.39, 0.29) is 17.4 Å². The van der Waals surface area contributed by atoms with E-state index in [0.29, 0.717) is 23.7 Å². The number of amides is 1. The lowest BCUT2D eigenvalue weighted by atomic mass is 10.1. The van der Waals surface area contributed by atoms with Crippen LogP contribution in [-0.2, 0) is 17.0 Å². The van der Waals surface area contributed by atoms with Crippen molar-refractivity contribution in [3.8, 4) is 11.5 Å². The normalized spacial score (nSPS) is 10.7. The number of ether oxygens (including phenoxy) is 2. The number of methoxy groups -OCH3 is 1. The molecule has 0 bridgehead atoms. The Morgan fingerprint density at radius 3 is 2.52 bits per heavy atom. The van der Waals surface area contributed by atoms with Gasteiger partial charge in [0.2, 0.25) is 5.91 Å². The van der Waals surface area contributed by atoms with Crippen LogP contribution in [-0.4, -0.2) is 31.9 Å². The molecule has 8 heteroatoms. The van der Waals surface area contributed by atoms with Gasteiger partial charge in [-0.25, -0.2) is 0 Å². The zero-order chi connectivity index (χ0) is 19.6. The molecule has 1 N–H and O–H groups in total. The molecule has 0 fully saturated rings. The quantitative estimate of drug-likeness (QED) is 0.618. The predicted molar refractivity (Wildman–Crippen MR) is 104 cm³/mol. The number of alkyl halides is 2. The van der Waals surface area contributed by atoms with Crippen LogP contribution in [0.5, 0.6) is 11.5 Å². The van der Waals surface area contributed by atoms with Gasteiger partial charge in [-0.1, -0.05) is 29.8 Å². The average Bonchev–Trinajstić information content (AvgIpc) is 2.64. The zero-order valence-electron chi connectivity index (χ0n) is 14.7. The summed E-state index contributed by atoms with van der Waals surface area (Å²) >= 11 is 7.35. The highest BCUT2D eigenvalue weighted by molar-refractivity contribution is 7.99. The van der Waals surface area contributed by atoms with E-state index in [1.54, 1.807) is 12.1 Å². The lowest BCUT2D eigenvalue weighted by Gasteiger charge is -2.11. The van der Waals surface area contributed by atoms with Gasteiger partial charge in [-0.15, -0.1) is 11.8 Å². The van der Waals surface area contributed by atoms with Crippen LogP contribution in [0.1, 0.15) is 11.1 Å². The molecule has 0 saturated heterocycles. The summed E-state index contributed by atoms with van der Waals surface area (Å²) in [5.74, 6) is 1.25. The molecule has 0 aliphatic carbocycles. The van der Waals surface area contributed by atoms with E-state index in [9.17, 15) is 13.6 Å². The summed E-state index contributed by atoms with van der Waals surface area (Å²) in [6, 6.07) is 12.2. The number of hydrogen-bond acceptors (Lipinski definition) is 4. The largest absolute Gasteiger partial charge is 0.493 e. The third-order valence-electron chi connectivity index (χ3n) is 3.60. The number of carbonyl (C=O) groups is 1. The molecule has 0 unspecified atom stereocenters. The molecule has 0 aliphatic rings. The van der Waals surface area contributed by atoms with Crippen LogP contribution in [0.4, 0.5) is 8.78 Å². The van der Waals surface area contributed by atoms with Gasteiger partial charge in [0, 0.05) is 17.3 Å². The van der Waals surface area contributed by atoms with Crippen LogP contribution < -0.4 is 14.8 Å². The second-order valence-corrected chi connectivity index (χ2v) is 7.00. The number of benzene rings is 2. The summed E-state index contributed by atoms with van der Waals surface area (Å²) in [4.78, 5) is 11.9. The molecule has 0 heterocycles.